The largest absolute Gasteiger partial charge is 0.375 e. The van der Waals surface area contributed by atoms with Gasteiger partial charge in [0.15, 0.2) is 0 Å². The van der Waals surface area contributed by atoms with Crippen LogP contribution in [0.1, 0.15) is 52.4 Å². The Hall–Kier alpha value is -0.110. The van der Waals surface area contributed by atoms with Gasteiger partial charge in [-0.2, -0.15) is 0 Å². The Labute approximate surface area is 92.4 Å². The molecular weight excluding hydrogens is 191 g/mol. The van der Waals surface area contributed by atoms with Crippen molar-refractivity contribution in [1.82, 2.24) is 0 Å². The Morgan fingerprint density at radius 3 is 2.60 bits per heavy atom. The van der Waals surface area contributed by atoms with E-state index in [0.717, 1.165) is 25.7 Å². The summed E-state index contributed by atoms with van der Waals surface area (Å²) < 4.78 is 19.1. The molecule has 0 aromatic carbocycles. The Kier molecular flexibility index (Phi) is 3.65. The third-order valence-corrected chi connectivity index (χ3v) is 4.18. The van der Waals surface area contributed by atoms with Gasteiger partial charge in [-0.05, 0) is 57.3 Å². The molecule has 0 amide bonds. The minimum Gasteiger partial charge on any atom is -0.375 e. The Morgan fingerprint density at radius 2 is 1.93 bits per heavy atom. The monoisotopic (exact) mass is 214 g/mol. The molecule has 1 nitrogen and oxygen atoms in total. The summed E-state index contributed by atoms with van der Waals surface area (Å²) in [6.07, 6.45) is 6.36. The van der Waals surface area contributed by atoms with Crippen LogP contribution in [0, 0.1) is 11.8 Å². The highest BCUT2D eigenvalue weighted by Gasteiger charge is 2.32. The van der Waals surface area contributed by atoms with Crippen LogP contribution in [-0.4, -0.2) is 18.4 Å². The van der Waals surface area contributed by atoms with E-state index in [1.807, 2.05) is 0 Å². The van der Waals surface area contributed by atoms with Crippen molar-refractivity contribution in [3.8, 4) is 0 Å². The molecule has 1 aliphatic carbocycles. The fourth-order valence-electron chi connectivity index (χ4n) is 3.08. The van der Waals surface area contributed by atoms with Crippen molar-refractivity contribution < 1.29 is 9.13 Å². The zero-order valence-electron chi connectivity index (χ0n) is 9.92. The molecule has 2 fully saturated rings. The summed E-state index contributed by atoms with van der Waals surface area (Å²) in [7, 11) is 0. The van der Waals surface area contributed by atoms with Crippen LogP contribution >= 0.6 is 0 Å². The summed E-state index contributed by atoms with van der Waals surface area (Å²) in [5, 5.41) is 0. The van der Waals surface area contributed by atoms with Crippen molar-refractivity contribution in [2.24, 2.45) is 11.8 Å². The molecule has 0 radical (unpaired) electrons. The minimum atomic E-state index is -0.551. The van der Waals surface area contributed by atoms with Crippen LogP contribution in [0.3, 0.4) is 0 Å². The van der Waals surface area contributed by atoms with Gasteiger partial charge in [-0.1, -0.05) is 6.92 Å². The van der Waals surface area contributed by atoms with Crippen LogP contribution in [0.25, 0.3) is 0 Å². The second kappa shape index (κ2) is 4.82. The number of halogens is 1. The zero-order chi connectivity index (χ0) is 10.8. The molecule has 88 valence electrons. The molecule has 1 saturated carbocycles. The van der Waals surface area contributed by atoms with Crippen LogP contribution in [-0.2, 0) is 4.74 Å². The summed E-state index contributed by atoms with van der Waals surface area (Å²) in [5.41, 5.74) is 0. The van der Waals surface area contributed by atoms with E-state index in [1.54, 1.807) is 0 Å². The normalized spacial score (nSPS) is 47.0. The summed E-state index contributed by atoms with van der Waals surface area (Å²) in [5.74, 6) is 1.25. The zero-order valence-corrected chi connectivity index (χ0v) is 9.92. The lowest BCUT2D eigenvalue weighted by Gasteiger charge is -2.32. The minimum absolute atomic E-state index is 0.415. The molecule has 2 heteroatoms. The molecule has 0 N–H and O–H groups in total. The van der Waals surface area contributed by atoms with Gasteiger partial charge in [0.05, 0.1) is 12.2 Å². The first-order valence-corrected chi connectivity index (χ1v) is 6.44. The van der Waals surface area contributed by atoms with Gasteiger partial charge in [0, 0.05) is 0 Å². The van der Waals surface area contributed by atoms with E-state index < -0.39 is 6.17 Å². The van der Waals surface area contributed by atoms with Crippen molar-refractivity contribution in [3.63, 3.8) is 0 Å². The molecule has 15 heavy (non-hydrogen) atoms. The number of hydrogen-bond acceptors (Lipinski definition) is 1. The molecule has 1 aliphatic heterocycles. The fourth-order valence-corrected chi connectivity index (χ4v) is 3.08. The summed E-state index contributed by atoms with van der Waals surface area (Å²) >= 11 is 0. The molecule has 1 saturated heterocycles. The standard InChI is InChI=1S/C13H23FO/c1-9-3-5-12(14)7-11(9)8-13-6-4-10(2)15-13/h9-13H,3-8H2,1-2H3/t9-,10+,11?,12?,13+/m1/s1. The van der Waals surface area contributed by atoms with Gasteiger partial charge >= 0.3 is 0 Å². The predicted molar refractivity (Wildman–Crippen MR) is 59.6 cm³/mol. The smallest absolute Gasteiger partial charge is 0.100 e. The molecule has 2 unspecified atom stereocenters. The maximum Gasteiger partial charge on any atom is 0.100 e. The predicted octanol–water partition coefficient (Wildman–Crippen LogP) is 3.72. The topological polar surface area (TPSA) is 9.23 Å². The van der Waals surface area contributed by atoms with E-state index in [0.29, 0.717) is 24.0 Å². The third kappa shape index (κ3) is 2.93. The van der Waals surface area contributed by atoms with Crippen LogP contribution in [0.5, 0.6) is 0 Å². The molecule has 0 spiro atoms. The van der Waals surface area contributed by atoms with Crippen molar-refractivity contribution in [3.05, 3.63) is 0 Å². The molecular formula is C13H23FO. The van der Waals surface area contributed by atoms with E-state index in [9.17, 15) is 4.39 Å². The first-order chi connectivity index (χ1) is 7.15. The number of hydrogen-bond donors (Lipinski definition) is 0. The van der Waals surface area contributed by atoms with Crippen LogP contribution in [0.2, 0.25) is 0 Å². The average Bonchev–Trinajstić information content (AvgIpc) is 2.58. The fraction of sp³-hybridized carbons (Fsp3) is 1.00. The highest BCUT2D eigenvalue weighted by molar-refractivity contribution is 4.82. The lowest BCUT2D eigenvalue weighted by atomic mass is 9.76. The number of alkyl halides is 1. The van der Waals surface area contributed by atoms with Gasteiger partial charge in [0.25, 0.3) is 0 Å². The van der Waals surface area contributed by atoms with E-state index in [1.165, 1.54) is 12.8 Å². The molecule has 2 aliphatic rings. The molecule has 2 rings (SSSR count). The second-order valence-electron chi connectivity index (χ2n) is 5.53. The SMILES string of the molecule is C[C@@H]1CCC(F)CC1C[C@@H]1CC[C@H](C)O1. The van der Waals surface area contributed by atoms with Crippen LogP contribution in [0.15, 0.2) is 0 Å². The Morgan fingerprint density at radius 1 is 1.13 bits per heavy atom. The van der Waals surface area contributed by atoms with E-state index in [4.69, 9.17) is 4.74 Å². The quantitative estimate of drug-likeness (QED) is 0.680. The van der Waals surface area contributed by atoms with Crippen molar-refractivity contribution in [1.29, 1.82) is 0 Å². The summed E-state index contributed by atoms with van der Waals surface area (Å²) in [6, 6.07) is 0. The van der Waals surface area contributed by atoms with Gasteiger partial charge in [0.1, 0.15) is 6.17 Å². The van der Waals surface area contributed by atoms with Crippen molar-refractivity contribution in [2.45, 2.75) is 70.8 Å². The number of rotatable bonds is 2. The molecule has 0 aromatic heterocycles. The van der Waals surface area contributed by atoms with Gasteiger partial charge < -0.3 is 4.74 Å². The van der Waals surface area contributed by atoms with Gasteiger partial charge in [-0.25, -0.2) is 4.39 Å². The van der Waals surface area contributed by atoms with E-state index in [-0.39, 0.29) is 0 Å². The van der Waals surface area contributed by atoms with E-state index >= 15 is 0 Å². The van der Waals surface area contributed by atoms with Gasteiger partial charge in [0.2, 0.25) is 0 Å². The van der Waals surface area contributed by atoms with Gasteiger partial charge in [-0.15, -0.1) is 0 Å². The Balaban J connectivity index is 1.82. The Bertz CT molecular complexity index is 207. The lowest BCUT2D eigenvalue weighted by molar-refractivity contribution is 0.0225. The summed E-state index contributed by atoms with van der Waals surface area (Å²) in [6.45, 7) is 4.41. The van der Waals surface area contributed by atoms with E-state index in [2.05, 4.69) is 13.8 Å². The maximum atomic E-state index is 13.3. The lowest BCUT2D eigenvalue weighted by Crippen LogP contribution is -2.27. The average molecular weight is 214 g/mol. The highest BCUT2D eigenvalue weighted by Crippen LogP contribution is 2.37. The highest BCUT2D eigenvalue weighted by atomic mass is 19.1. The number of ether oxygens (including phenoxy) is 1. The van der Waals surface area contributed by atoms with Gasteiger partial charge in [-0.3, -0.25) is 0 Å². The van der Waals surface area contributed by atoms with Crippen LogP contribution < -0.4 is 0 Å². The first-order valence-electron chi connectivity index (χ1n) is 6.44. The maximum absolute atomic E-state index is 13.3. The molecule has 5 atom stereocenters. The third-order valence-electron chi connectivity index (χ3n) is 4.18. The molecule has 0 bridgehead atoms. The molecule has 0 aromatic rings. The summed E-state index contributed by atoms with van der Waals surface area (Å²) in [4.78, 5) is 0. The van der Waals surface area contributed by atoms with Crippen molar-refractivity contribution >= 4 is 0 Å². The second-order valence-corrected chi connectivity index (χ2v) is 5.53. The molecule has 1 heterocycles. The van der Waals surface area contributed by atoms with Crippen molar-refractivity contribution in [2.75, 3.05) is 0 Å². The van der Waals surface area contributed by atoms with Crippen LogP contribution in [0.4, 0.5) is 4.39 Å². The first kappa shape index (κ1) is 11.4.